The molecule has 1 aliphatic rings. The summed E-state index contributed by atoms with van der Waals surface area (Å²) in [6, 6.07) is 4.74. The molecule has 108 valence electrons. The fourth-order valence-electron chi connectivity index (χ4n) is 2.42. The minimum absolute atomic E-state index is 0.0385. The van der Waals surface area contributed by atoms with Crippen LogP contribution in [0.1, 0.15) is 29.6 Å². The summed E-state index contributed by atoms with van der Waals surface area (Å²) in [6.45, 7) is 1.13. The van der Waals surface area contributed by atoms with Gasteiger partial charge in [0, 0.05) is 25.1 Å². The Morgan fingerprint density at radius 2 is 1.95 bits per heavy atom. The molecule has 0 atom stereocenters. The first-order valence-electron chi connectivity index (χ1n) is 6.47. The molecule has 1 aromatic carbocycles. The van der Waals surface area contributed by atoms with Crippen LogP contribution in [0.5, 0.6) is 5.75 Å². The van der Waals surface area contributed by atoms with Crippen LogP contribution >= 0.6 is 15.9 Å². The third-order valence-electron chi connectivity index (χ3n) is 3.56. The van der Waals surface area contributed by atoms with Crippen LogP contribution in [0.3, 0.4) is 0 Å². The van der Waals surface area contributed by atoms with Crippen LogP contribution in [-0.4, -0.2) is 40.1 Å². The molecule has 0 radical (unpaired) electrons. The third-order valence-corrected chi connectivity index (χ3v) is 4.23. The Labute approximate surface area is 125 Å². The molecule has 1 saturated heterocycles. The second-order valence-electron chi connectivity index (χ2n) is 5.00. The first-order valence-corrected chi connectivity index (χ1v) is 7.26. The molecule has 1 amide bonds. The number of carboxylic acids is 1. The van der Waals surface area contributed by atoms with Gasteiger partial charge >= 0.3 is 5.97 Å². The van der Waals surface area contributed by atoms with Gasteiger partial charge in [0.05, 0.1) is 4.47 Å². The van der Waals surface area contributed by atoms with Crippen molar-refractivity contribution >= 4 is 27.8 Å². The predicted molar refractivity (Wildman–Crippen MR) is 76.7 cm³/mol. The van der Waals surface area contributed by atoms with Crippen LogP contribution in [0.15, 0.2) is 22.7 Å². The number of hydrogen-bond acceptors (Lipinski definition) is 3. The number of rotatable bonds is 3. The van der Waals surface area contributed by atoms with E-state index in [9.17, 15) is 14.7 Å². The molecule has 6 heteroatoms. The number of phenols is 1. The van der Waals surface area contributed by atoms with E-state index < -0.39 is 5.97 Å². The van der Waals surface area contributed by atoms with E-state index in [1.165, 1.54) is 6.07 Å². The van der Waals surface area contributed by atoms with E-state index in [-0.39, 0.29) is 24.0 Å². The van der Waals surface area contributed by atoms with Gasteiger partial charge in [0.25, 0.3) is 5.91 Å². The standard InChI is InChI=1S/C14H16BrNO4/c15-11-2-1-10(8-12(11)17)14(20)16-5-3-9(4-6-16)7-13(18)19/h1-2,8-9,17H,3-7H2,(H,18,19). The molecule has 1 aromatic rings. The van der Waals surface area contributed by atoms with E-state index >= 15 is 0 Å². The highest BCUT2D eigenvalue weighted by molar-refractivity contribution is 9.10. The third kappa shape index (κ3) is 3.50. The van der Waals surface area contributed by atoms with Gasteiger partial charge in [-0.25, -0.2) is 0 Å². The van der Waals surface area contributed by atoms with Crippen molar-refractivity contribution in [3.8, 4) is 5.75 Å². The maximum atomic E-state index is 12.3. The molecule has 20 heavy (non-hydrogen) atoms. The van der Waals surface area contributed by atoms with Crippen molar-refractivity contribution in [1.29, 1.82) is 0 Å². The van der Waals surface area contributed by atoms with Gasteiger partial charge in [-0.15, -0.1) is 0 Å². The zero-order chi connectivity index (χ0) is 14.7. The average molecular weight is 342 g/mol. The van der Waals surface area contributed by atoms with Crippen molar-refractivity contribution in [2.75, 3.05) is 13.1 Å². The Bertz CT molecular complexity index is 524. The number of carboxylic acid groups (broad SMARTS) is 1. The number of aromatic hydroxyl groups is 1. The second-order valence-corrected chi connectivity index (χ2v) is 5.85. The number of halogens is 1. The number of piperidine rings is 1. The maximum Gasteiger partial charge on any atom is 0.303 e. The number of carbonyl (C=O) groups is 2. The molecule has 1 heterocycles. The molecule has 1 aliphatic heterocycles. The van der Waals surface area contributed by atoms with Gasteiger partial charge < -0.3 is 15.1 Å². The highest BCUT2D eigenvalue weighted by atomic mass is 79.9. The van der Waals surface area contributed by atoms with Crippen LogP contribution < -0.4 is 0 Å². The molecule has 1 fully saturated rings. The topological polar surface area (TPSA) is 77.8 Å². The highest BCUT2D eigenvalue weighted by Gasteiger charge is 2.25. The number of likely N-dealkylation sites (tertiary alicyclic amines) is 1. The summed E-state index contributed by atoms with van der Waals surface area (Å²) < 4.78 is 0.550. The Hall–Kier alpha value is -1.56. The average Bonchev–Trinajstić information content (AvgIpc) is 2.41. The first kappa shape index (κ1) is 14.8. The quantitative estimate of drug-likeness (QED) is 0.885. The lowest BCUT2D eigenvalue weighted by Crippen LogP contribution is -2.38. The van der Waals surface area contributed by atoms with Gasteiger partial charge in [0.15, 0.2) is 0 Å². The van der Waals surface area contributed by atoms with E-state index in [1.54, 1.807) is 17.0 Å². The van der Waals surface area contributed by atoms with E-state index in [0.29, 0.717) is 36.0 Å². The minimum Gasteiger partial charge on any atom is -0.507 e. The number of carbonyl (C=O) groups excluding carboxylic acids is 1. The van der Waals surface area contributed by atoms with Crippen LogP contribution in [0.2, 0.25) is 0 Å². The van der Waals surface area contributed by atoms with E-state index in [4.69, 9.17) is 5.11 Å². The summed E-state index contributed by atoms with van der Waals surface area (Å²) in [7, 11) is 0. The molecule has 0 spiro atoms. The maximum absolute atomic E-state index is 12.3. The molecule has 5 nitrogen and oxygen atoms in total. The lowest BCUT2D eigenvalue weighted by Gasteiger charge is -2.31. The molecule has 0 unspecified atom stereocenters. The largest absolute Gasteiger partial charge is 0.507 e. The number of amides is 1. The molecular weight excluding hydrogens is 326 g/mol. The lowest BCUT2D eigenvalue weighted by atomic mass is 9.93. The SMILES string of the molecule is O=C(O)CC1CCN(C(=O)c2ccc(Br)c(O)c2)CC1. The zero-order valence-corrected chi connectivity index (χ0v) is 12.5. The molecular formula is C14H16BrNO4. The van der Waals surface area contributed by atoms with Crippen molar-refractivity contribution in [2.24, 2.45) is 5.92 Å². The van der Waals surface area contributed by atoms with Gasteiger partial charge in [0.2, 0.25) is 0 Å². The minimum atomic E-state index is -0.785. The molecule has 0 saturated carbocycles. The Balaban J connectivity index is 1.97. The van der Waals surface area contributed by atoms with Crippen molar-refractivity contribution in [1.82, 2.24) is 4.90 Å². The smallest absolute Gasteiger partial charge is 0.303 e. The molecule has 0 aliphatic carbocycles. The fraction of sp³-hybridized carbons (Fsp3) is 0.429. The van der Waals surface area contributed by atoms with E-state index in [0.717, 1.165) is 0 Å². The first-order chi connectivity index (χ1) is 9.47. The van der Waals surface area contributed by atoms with Gasteiger partial charge in [-0.1, -0.05) is 0 Å². The van der Waals surface area contributed by atoms with Crippen molar-refractivity contribution in [3.05, 3.63) is 28.2 Å². The monoisotopic (exact) mass is 341 g/mol. The summed E-state index contributed by atoms with van der Waals surface area (Å²) in [4.78, 5) is 24.6. The van der Waals surface area contributed by atoms with Crippen LogP contribution in [0.25, 0.3) is 0 Å². The zero-order valence-electron chi connectivity index (χ0n) is 10.9. The van der Waals surface area contributed by atoms with Gasteiger partial charge in [-0.3, -0.25) is 9.59 Å². The van der Waals surface area contributed by atoms with Crippen molar-refractivity contribution < 1.29 is 19.8 Å². The Morgan fingerprint density at radius 1 is 1.30 bits per heavy atom. The fourth-order valence-corrected chi connectivity index (χ4v) is 2.66. The highest BCUT2D eigenvalue weighted by Crippen LogP contribution is 2.26. The molecule has 0 aromatic heterocycles. The second kappa shape index (κ2) is 6.26. The summed E-state index contributed by atoms with van der Waals surface area (Å²) in [5.41, 5.74) is 0.447. The Kier molecular flexibility index (Phi) is 4.65. The number of nitrogens with zero attached hydrogens (tertiary/aromatic N) is 1. The number of hydrogen-bond donors (Lipinski definition) is 2. The predicted octanol–water partition coefficient (Wildman–Crippen LogP) is 2.48. The summed E-state index contributed by atoms with van der Waals surface area (Å²) in [5, 5.41) is 18.4. The van der Waals surface area contributed by atoms with E-state index in [2.05, 4.69) is 15.9 Å². The lowest BCUT2D eigenvalue weighted by molar-refractivity contribution is -0.138. The van der Waals surface area contributed by atoms with Crippen LogP contribution in [0.4, 0.5) is 0 Å². The molecule has 2 rings (SSSR count). The van der Waals surface area contributed by atoms with Crippen molar-refractivity contribution in [2.45, 2.75) is 19.3 Å². The van der Waals surface area contributed by atoms with Crippen LogP contribution in [0, 0.1) is 5.92 Å². The van der Waals surface area contributed by atoms with Crippen LogP contribution in [-0.2, 0) is 4.79 Å². The van der Waals surface area contributed by atoms with E-state index in [1.807, 2.05) is 0 Å². The number of aliphatic carboxylic acids is 1. The van der Waals surface area contributed by atoms with Crippen molar-refractivity contribution in [3.63, 3.8) is 0 Å². The Morgan fingerprint density at radius 3 is 2.50 bits per heavy atom. The summed E-state index contributed by atoms with van der Waals surface area (Å²) in [5.74, 6) is -0.722. The normalized spacial score (nSPS) is 16.1. The van der Waals surface area contributed by atoms with Gasteiger partial charge in [-0.05, 0) is 52.9 Å². The summed E-state index contributed by atoms with van der Waals surface area (Å²) in [6.07, 6.45) is 1.59. The number of phenolic OH excluding ortho intramolecular Hbond substituents is 1. The molecule has 2 N–H and O–H groups in total. The summed E-state index contributed by atoms with van der Waals surface area (Å²) >= 11 is 3.17. The number of benzene rings is 1. The molecule has 0 bridgehead atoms. The van der Waals surface area contributed by atoms with Gasteiger partial charge in [-0.2, -0.15) is 0 Å². The van der Waals surface area contributed by atoms with Gasteiger partial charge in [0.1, 0.15) is 5.75 Å².